The van der Waals surface area contributed by atoms with E-state index in [9.17, 15) is 4.79 Å². The Kier molecular flexibility index (Phi) is 3.25. The summed E-state index contributed by atoms with van der Waals surface area (Å²) in [6, 6.07) is 1.74. The number of carboxylic acid groups (broad SMARTS) is 1. The van der Waals surface area contributed by atoms with Crippen LogP contribution in [0.2, 0.25) is 0 Å². The van der Waals surface area contributed by atoms with E-state index < -0.39 is 12.1 Å². The highest BCUT2D eigenvalue weighted by atomic mass is 79.9. The van der Waals surface area contributed by atoms with Gasteiger partial charge in [-0.15, -0.1) is 11.3 Å². The molecule has 0 radical (unpaired) electrons. The molecule has 0 saturated heterocycles. The average Bonchev–Trinajstić information content (AvgIpc) is 2.37. The van der Waals surface area contributed by atoms with E-state index in [1.165, 1.54) is 18.4 Å². The van der Waals surface area contributed by atoms with Gasteiger partial charge in [0.1, 0.15) is 0 Å². The summed E-state index contributed by atoms with van der Waals surface area (Å²) in [7, 11) is 1.38. The number of rotatable bonds is 3. The zero-order valence-corrected chi connectivity index (χ0v) is 8.68. The molecular weight excluding hydrogens is 244 g/mol. The number of halogens is 1. The first kappa shape index (κ1) is 9.70. The average molecular weight is 251 g/mol. The van der Waals surface area contributed by atoms with Crippen LogP contribution in [0.25, 0.3) is 0 Å². The number of aliphatic carboxylic acids is 1. The molecule has 1 aromatic rings. The maximum Gasteiger partial charge on any atom is 0.337 e. The van der Waals surface area contributed by atoms with E-state index in [-0.39, 0.29) is 0 Å². The number of hydrogen-bond donors (Lipinski definition) is 1. The van der Waals surface area contributed by atoms with Gasteiger partial charge in [0, 0.05) is 12.7 Å². The molecule has 0 aliphatic heterocycles. The SMILES string of the molecule is COC(C(=O)O)c1csc(Br)c1. The fraction of sp³-hybridized carbons (Fsp3) is 0.286. The molecule has 5 heteroatoms. The summed E-state index contributed by atoms with van der Waals surface area (Å²) < 4.78 is 5.70. The Balaban J connectivity index is 2.87. The van der Waals surface area contributed by atoms with E-state index >= 15 is 0 Å². The van der Waals surface area contributed by atoms with E-state index in [0.29, 0.717) is 5.56 Å². The van der Waals surface area contributed by atoms with Crippen molar-refractivity contribution in [2.75, 3.05) is 7.11 Å². The Labute approximate surface area is 82.1 Å². The van der Waals surface area contributed by atoms with Crippen molar-refractivity contribution in [2.24, 2.45) is 0 Å². The van der Waals surface area contributed by atoms with Gasteiger partial charge in [-0.2, -0.15) is 0 Å². The quantitative estimate of drug-likeness (QED) is 0.896. The molecule has 1 aromatic heterocycles. The number of carboxylic acids is 1. The minimum absolute atomic E-state index is 0.668. The van der Waals surface area contributed by atoms with Crippen LogP contribution in [0.15, 0.2) is 15.2 Å². The molecule has 0 aliphatic carbocycles. The second kappa shape index (κ2) is 4.02. The van der Waals surface area contributed by atoms with Crippen molar-refractivity contribution in [3.63, 3.8) is 0 Å². The van der Waals surface area contributed by atoms with Gasteiger partial charge in [0.25, 0.3) is 0 Å². The molecule has 1 N–H and O–H groups in total. The van der Waals surface area contributed by atoms with Crippen LogP contribution in [0.5, 0.6) is 0 Å². The van der Waals surface area contributed by atoms with Gasteiger partial charge in [-0.1, -0.05) is 0 Å². The maximum atomic E-state index is 10.6. The van der Waals surface area contributed by atoms with Crippen LogP contribution < -0.4 is 0 Å². The Hall–Kier alpha value is -0.390. The molecule has 0 amide bonds. The van der Waals surface area contributed by atoms with Crippen molar-refractivity contribution in [3.05, 3.63) is 20.8 Å². The zero-order valence-electron chi connectivity index (χ0n) is 6.28. The molecule has 0 aliphatic rings. The van der Waals surface area contributed by atoms with Gasteiger partial charge in [0.05, 0.1) is 3.79 Å². The smallest absolute Gasteiger partial charge is 0.337 e. The molecule has 0 aromatic carbocycles. The summed E-state index contributed by atoms with van der Waals surface area (Å²) in [6.07, 6.45) is -0.854. The van der Waals surface area contributed by atoms with Gasteiger partial charge in [-0.3, -0.25) is 0 Å². The topological polar surface area (TPSA) is 46.5 Å². The number of methoxy groups -OCH3 is 1. The molecule has 1 unspecified atom stereocenters. The molecular formula is C7H7BrO3S. The zero-order chi connectivity index (χ0) is 9.14. The van der Waals surface area contributed by atoms with Crippen molar-refractivity contribution >= 4 is 33.2 Å². The molecule has 1 rings (SSSR count). The first-order valence-corrected chi connectivity index (χ1v) is 4.82. The summed E-state index contributed by atoms with van der Waals surface area (Å²) in [6.45, 7) is 0. The van der Waals surface area contributed by atoms with Crippen LogP contribution in [0.4, 0.5) is 0 Å². The lowest BCUT2D eigenvalue weighted by atomic mass is 10.2. The van der Waals surface area contributed by atoms with Gasteiger partial charge < -0.3 is 9.84 Å². The van der Waals surface area contributed by atoms with Crippen LogP contribution >= 0.6 is 27.3 Å². The van der Waals surface area contributed by atoms with E-state index in [4.69, 9.17) is 9.84 Å². The fourth-order valence-electron chi connectivity index (χ4n) is 0.840. The maximum absolute atomic E-state index is 10.6. The van der Waals surface area contributed by atoms with Crippen molar-refractivity contribution < 1.29 is 14.6 Å². The van der Waals surface area contributed by atoms with Crippen molar-refractivity contribution in [1.82, 2.24) is 0 Å². The lowest BCUT2D eigenvalue weighted by Gasteiger charge is -2.06. The fourth-order valence-corrected chi connectivity index (χ4v) is 2.03. The number of thiophene rings is 1. The monoisotopic (exact) mass is 250 g/mol. The van der Waals surface area contributed by atoms with E-state index in [1.807, 2.05) is 0 Å². The third-order valence-corrected chi connectivity index (χ3v) is 2.87. The van der Waals surface area contributed by atoms with Crippen LogP contribution in [-0.2, 0) is 9.53 Å². The highest BCUT2D eigenvalue weighted by Crippen LogP contribution is 2.26. The van der Waals surface area contributed by atoms with Crippen LogP contribution in [-0.4, -0.2) is 18.2 Å². The Morgan fingerprint density at radius 2 is 2.50 bits per heavy atom. The second-order valence-electron chi connectivity index (χ2n) is 2.14. The normalized spacial score (nSPS) is 12.8. The Morgan fingerprint density at radius 1 is 1.83 bits per heavy atom. The molecule has 0 saturated carbocycles. The molecule has 1 atom stereocenters. The van der Waals surface area contributed by atoms with Gasteiger partial charge in [0.15, 0.2) is 6.10 Å². The van der Waals surface area contributed by atoms with Crippen LogP contribution in [0.3, 0.4) is 0 Å². The Bertz CT molecular complexity index is 284. The van der Waals surface area contributed by atoms with Gasteiger partial charge in [0.2, 0.25) is 0 Å². The highest BCUT2D eigenvalue weighted by Gasteiger charge is 2.19. The van der Waals surface area contributed by atoms with Gasteiger partial charge in [-0.05, 0) is 27.4 Å². The minimum Gasteiger partial charge on any atom is -0.479 e. The highest BCUT2D eigenvalue weighted by molar-refractivity contribution is 9.11. The first-order valence-electron chi connectivity index (χ1n) is 3.14. The largest absolute Gasteiger partial charge is 0.479 e. The van der Waals surface area contributed by atoms with Crippen molar-refractivity contribution in [1.29, 1.82) is 0 Å². The predicted molar refractivity (Wildman–Crippen MR) is 49.4 cm³/mol. The molecule has 0 bridgehead atoms. The second-order valence-corrected chi connectivity index (χ2v) is 4.43. The van der Waals surface area contributed by atoms with E-state index in [0.717, 1.165) is 3.79 Å². The molecule has 1 heterocycles. The summed E-state index contributed by atoms with van der Waals surface area (Å²) in [5.74, 6) is -0.970. The Morgan fingerprint density at radius 3 is 2.83 bits per heavy atom. The van der Waals surface area contributed by atoms with Crippen molar-refractivity contribution in [2.45, 2.75) is 6.10 Å². The molecule has 66 valence electrons. The molecule has 0 fully saturated rings. The first-order chi connectivity index (χ1) is 5.65. The molecule has 0 spiro atoms. The third-order valence-electron chi connectivity index (χ3n) is 1.35. The van der Waals surface area contributed by atoms with Gasteiger partial charge >= 0.3 is 5.97 Å². The van der Waals surface area contributed by atoms with Crippen LogP contribution in [0.1, 0.15) is 11.7 Å². The molecule has 3 nitrogen and oxygen atoms in total. The predicted octanol–water partition coefficient (Wildman–Crippen LogP) is 2.28. The number of hydrogen-bond acceptors (Lipinski definition) is 3. The summed E-state index contributed by atoms with van der Waals surface area (Å²) >= 11 is 4.69. The standard InChI is InChI=1S/C7H7BrO3S/c1-11-6(7(9)10)4-2-5(8)12-3-4/h2-3,6H,1H3,(H,9,10). The summed E-state index contributed by atoms with van der Waals surface area (Å²) in [4.78, 5) is 10.6. The van der Waals surface area contributed by atoms with Gasteiger partial charge in [-0.25, -0.2) is 4.79 Å². The summed E-state index contributed by atoms with van der Waals surface area (Å²) in [5, 5.41) is 10.5. The van der Waals surface area contributed by atoms with E-state index in [2.05, 4.69) is 15.9 Å². The third kappa shape index (κ3) is 2.06. The van der Waals surface area contributed by atoms with Crippen LogP contribution in [0, 0.1) is 0 Å². The van der Waals surface area contributed by atoms with E-state index in [1.54, 1.807) is 11.4 Å². The van der Waals surface area contributed by atoms with Crippen molar-refractivity contribution in [3.8, 4) is 0 Å². The lowest BCUT2D eigenvalue weighted by molar-refractivity contribution is -0.148. The minimum atomic E-state index is -0.970. The number of ether oxygens (including phenoxy) is 1. The summed E-state index contributed by atoms with van der Waals surface area (Å²) in [5.41, 5.74) is 0.668. The number of carbonyl (C=O) groups is 1. The lowest BCUT2D eigenvalue weighted by Crippen LogP contribution is -2.12. The molecule has 12 heavy (non-hydrogen) atoms.